The molecule has 2 heterocycles. The second-order valence-electron chi connectivity index (χ2n) is 6.24. The number of hydrogen-bond donors (Lipinski definition) is 1. The molecule has 0 aliphatic carbocycles. The minimum Gasteiger partial charge on any atom is -0.447 e. The number of benzene rings is 2. The Kier molecular flexibility index (Phi) is 3.80. The van der Waals surface area contributed by atoms with Crippen LogP contribution in [0.15, 0.2) is 42.5 Å². The lowest BCUT2D eigenvalue weighted by atomic mass is 9.96. The standard InChI is InChI=1S/C19H19N3O3/c20-16-6-2-1-5-15(16)18(23)21-9-8-14-13(12-21)4-3-7-17(14)22-10-11-25-19(22)24/h1-7H,8-12,20H2. The molecule has 2 amide bonds. The van der Waals surface area contributed by atoms with Gasteiger partial charge in [0.15, 0.2) is 0 Å². The van der Waals surface area contributed by atoms with Crippen LogP contribution in [0.5, 0.6) is 0 Å². The van der Waals surface area contributed by atoms with Gasteiger partial charge in [-0.15, -0.1) is 0 Å². The normalized spacial score (nSPS) is 16.6. The number of cyclic esters (lactones) is 1. The predicted molar refractivity (Wildman–Crippen MR) is 94.4 cm³/mol. The largest absolute Gasteiger partial charge is 0.447 e. The van der Waals surface area contributed by atoms with Crippen LogP contribution >= 0.6 is 0 Å². The molecule has 2 aliphatic rings. The molecule has 0 aromatic heterocycles. The van der Waals surface area contributed by atoms with E-state index < -0.39 is 0 Å². The highest BCUT2D eigenvalue weighted by molar-refractivity contribution is 5.99. The van der Waals surface area contributed by atoms with Crippen molar-refractivity contribution in [3.8, 4) is 0 Å². The van der Waals surface area contributed by atoms with Gasteiger partial charge in [0.2, 0.25) is 0 Å². The molecule has 6 nitrogen and oxygen atoms in total. The summed E-state index contributed by atoms with van der Waals surface area (Å²) in [6.07, 6.45) is 0.400. The molecule has 0 radical (unpaired) electrons. The van der Waals surface area contributed by atoms with Crippen LogP contribution < -0.4 is 10.6 Å². The molecular formula is C19H19N3O3. The number of rotatable bonds is 2. The monoisotopic (exact) mass is 337 g/mol. The van der Waals surface area contributed by atoms with E-state index in [9.17, 15) is 9.59 Å². The van der Waals surface area contributed by atoms with Crippen LogP contribution in [-0.2, 0) is 17.7 Å². The summed E-state index contributed by atoms with van der Waals surface area (Å²) in [5.41, 5.74) is 10.0. The number of nitrogens with zero attached hydrogens (tertiary/aromatic N) is 2. The molecule has 4 rings (SSSR count). The first-order chi connectivity index (χ1) is 12.1. The van der Waals surface area contributed by atoms with Crippen LogP contribution in [-0.4, -0.2) is 36.6 Å². The van der Waals surface area contributed by atoms with E-state index >= 15 is 0 Å². The average molecular weight is 337 g/mol. The molecule has 2 aromatic carbocycles. The van der Waals surface area contributed by atoms with Gasteiger partial charge in [-0.2, -0.15) is 0 Å². The van der Waals surface area contributed by atoms with Gasteiger partial charge in [0.1, 0.15) is 6.61 Å². The lowest BCUT2D eigenvalue weighted by molar-refractivity contribution is 0.0736. The summed E-state index contributed by atoms with van der Waals surface area (Å²) in [7, 11) is 0. The summed E-state index contributed by atoms with van der Waals surface area (Å²) in [6.45, 7) is 2.10. The fourth-order valence-corrected chi connectivity index (χ4v) is 3.49. The van der Waals surface area contributed by atoms with Crippen molar-refractivity contribution >= 4 is 23.4 Å². The van der Waals surface area contributed by atoms with Crippen LogP contribution in [0.3, 0.4) is 0 Å². The molecule has 128 valence electrons. The molecule has 2 aromatic rings. The minimum atomic E-state index is -0.302. The van der Waals surface area contributed by atoms with E-state index in [0.717, 1.165) is 16.8 Å². The Morgan fingerprint density at radius 1 is 1.08 bits per heavy atom. The van der Waals surface area contributed by atoms with Gasteiger partial charge in [0.05, 0.1) is 17.8 Å². The third-order valence-electron chi connectivity index (χ3n) is 4.77. The van der Waals surface area contributed by atoms with Gasteiger partial charge in [-0.05, 0) is 35.7 Å². The van der Waals surface area contributed by atoms with Crippen molar-refractivity contribution in [2.24, 2.45) is 0 Å². The van der Waals surface area contributed by atoms with Gasteiger partial charge in [-0.3, -0.25) is 9.69 Å². The molecule has 2 aliphatic heterocycles. The number of amides is 2. The van der Waals surface area contributed by atoms with Crippen molar-refractivity contribution < 1.29 is 14.3 Å². The Morgan fingerprint density at radius 3 is 2.68 bits per heavy atom. The lowest BCUT2D eigenvalue weighted by Gasteiger charge is -2.31. The third-order valence-corrected chi connectivity index (χ3v) is 4.77. The van der Waals surface area contributed by atoms with E-state index in [1.54, 1.807) is 21.9 Å². The number of carbonyl (C=O) groups is 2. The smallest absolute Gasteiger partial charge is 0.414 e. The first kappa shape index (κ1) is 15.5. The maximum atomic E-state index is 12.8. The molecule has 0 bridgehead atoms. The van der Waals surface area contributed by atoms with Crippen LogP contribution in [0.25, 0.3) is 0 Å². The van der Waals surface area contributed by atoms with Crippen molar-refractivity contribution in [1.29, 1.82) is 0 Å². The quantitative estimate of drug-likeness (QED) is 0.854. The van der Waals surface area contributed by atoms with E-state index in [-0.39, 0.29) is 12.0 Å². The maximum absolute atomic E-state index is 12.8. The van der Waals surface area contributed by atoms with Gasteiger partial charge in [-0.1, -0.05) is 24.3 Å². The minimum absolute atomic E-state index is 0.0604. The summed E-state index contributed by atoms with van der Waals surface area (Å²) >= 11 is 0. The molecule has 6 heteroatoms. The van der Waals surface area contributed by atoms with Gasteiger partial charge >= 0.3 is 6.09 Å². The Bertz CT molecular complexity index is 850. The fourth-order valence-electron chi connectivity index (χ4n) is 3.49. The van der Waals surface area contributed by atoms with Crippen molar-refractivity contribution in [2.75, 3.05) is 30.3 Å². The second-order valence-corrected chi connectivity index (χ2v) is 6.24. The van der Waals surface area contributed by atoms with Crippen molar-refractivity contribution in [1.82, 2.24) is 4.90 Å². The maximum Gasteiger partial charge on any atom is 0.414 e. The molecule has 1 saturated heterocycles. The van der Waals surface area contributed by atoms with Gasteiger partial charge < -0.3 is 15.4 Å². The molecule has 2 N–H and O–H groups in total. The highest BCUT2D eigenvalue weighted by atomic mass is 16.6. The fraction of sp³-hybridized carbons (Fsp3) is 0.263. The first-order valence-corrected chi connectivity index (χ1v) is 8.34. The molecule has 0 saturated carbocycles. The number of nitrogen functional groups attached to an aromatic ring is 1. The predicted octanol–water partition coefficient (Wildman–Crippen LogP) is 2.42. The molecule has 0 unspecified atom stereocenters. The first-order valence-electron chi connectivity index (χ1n) is 8.34. The zero-order valence-electron chi connectivity index (χ0n) is 13.8. The Hall–Kier alpha value is -3.02. The van der Waals surface area contributed by atoms with E-state index in [1.165, 1.54) is 0 Å². The number of nitrogens with two attached hydrogens (primary N) is 1. The highest BCUT2D eigenvalue weighted by Crippen LogP contribution is 2.31. The van der Waals surface area contributed by atoms with E-state index in [4.69, 9.17) is 10.5 Å². The molecule has 1 fully saturated rings. The van der Waals surface area contributed by atoms with Crippen LogP contribution in [0.4, 0.5) is 16.2 Å². The SMILES string of the molecule is Nc1ccccc1C(=O)N1CCc2c(cccc2N2CCOC2=O)C1. The summed E-state index contributed by atoms with van der Waals surface area (Å²) in [5.74, 6) is -0.0604. The van der Waals surface area contributed by atoms with Gasteiger partial charge in [-0.25, -0.2) is 4.79 Å². The zero-order chi connectivity index (χ0) is 17.4. The van der Waals surface area contributed by atoms with Crippen molar-refractivity contribution in [3.05, 3.63) is 59.2 Å². The summed E-state index contributed by atoms with van der Waals surface area (Å²) < 4.78 is 5.05. The number of hydrogen-bond acceptors (Lipinski definition) is 4. The zero-order valence-corrected chi connectivity index (χ0v) is 13.8. The van der Waals surface area contributed by atoms with Crippen LogP contribution in [0, 0.1) is 0 Å². The lowest BCUT2D eigenvalue weighted by Crippen LogP contribution is -2.37. The molecule has 0 spiro atoms. The number of anilines is 2. The van der Waals surface area contributed by atoms with E-state index in [1.807, 2.05) is 30.3 Å². The Balaban J connectivity index is 1.61. The highest BCUT2D eigenvalue weighted by Gasteiger charge is 2.29. The average Bonchev–Trinajstić information content (AvgIpc) is 3.06. The summed E-state index contributed by atoms with van der Waals surface area (Å²) in [4.78, 5) is 28.1. The molecule has 0 atom stereocenters. The van der Waals surface area contributed by atoms with E-state index in [0.29, 0.717) is 43.9 Å². The van der Waals surface area contributed by atoms with Crippen molar-refractivity contribution in [3.63, 3.8) is 0 Å². The van der Waals surface area contributed by atoms with Crippen molar-refractivity contribution in [2.45, 2.75) is 13.0 Å². The van der Waals surface area contributed by atoms with Crippen LogP contribution in [0.1, 0.15) is 21.5 Å². The topological polar surface area (TPSA) is 75.9 Å². The second kappa shape index (κ2) is 6.12. The Labute approximate surface area is 145 Å². The summed E-state index contributed by atoms with van der Waals surface area (Å²) in [5, 5.41) is 0. The molecular weight excluding hydrogens is 318 g/mol. The van der Waals surface area contributed by atoms with E-state index in [2.05, 4.69) is 0 Å². The Morgan fingerprint density at radius 2 is 1.92 bits per heavy atom. The number of fused-ring (bicyclic) bond motifs is 1. The number of para-hydroxylation sites is 1. The third kappa shape index (κ3) is 2.69. The summed E-state index contributed by atoms with van der Waals surface area (Å²) in [6, 6.07) is 13.0. The number of carbonyl (C=O) groups excluding carboxylic acids is 2. The van der Waals surface area contributed by atoms with Gasteiger partial charge in [0, 0.05) is 18.8 Å². The van der Waals surface area contributed by atoms with Gasteiger partial charge in [0.25, 0.3) is 5.91 Å². The molecule has 25 heavy (non-hydrogen) atoms. The van der Waals surface area contributed by atoms with Crippen LogP contribution in [0.2, 0.25) is 0 Å². The number of ether oxygens (including phenoxy) is 1.